The minimum absolute atomic E-state index is 0.0463. The average Bonchev–Trinajstić information content (AvgIpc) is 3.00. The second-order valence-corrected chi connectivity index (χ2v) is 4.95. The van der Waals surface area contributed by atoms with Gasteiger partial charge in [0.05, 0.1) is 12.7 Å². The molecular weight excluding hydrogens is 294 g/mol. The fourth-order valence-electron chi connectivity index (χ4n) is 2.06. The van der Waals surface area contributed by atoms with Crippen LogP contribution in [0.4, 0.5) is 5.82 Å². The molecular formula is C12H19N5O5. The van der Waals surface area contributed by atoms with E-state index in [0.717, 1.165) is 0 Å². The molecule has 0 aromatic carbocycles. The Hall–Kier alpha value is -1.85. The first-order chi connectivity index (χ1) is 10.5. The van der Waals surface area contributed by atoms with Gasteiger partial charge in [0.2, 0.25) is 0 Å². The highest BCUT2D eigenvalue weighted by Gasteiger charge is 2.30. The summed E-state index contributed by atoms with van der Waals surface area (Å²) in [6.07, 6.45) is -3.28. The van der Waals surface area contributed by atoms with Crippen molar-refractivity contribution in [1.82, 2.24) is 19.6 Å². The third-order valence-electron chi connectivity index (χ3n) is 3.34. The third-order valence-corrected chi connectivity index (χ3v) is 3.34. The van der Waals surface area contributed by atoms with E-state index in [9.17, 15) is 20.4 Å². The maximum atomic E-state index is 9.98. The molecule has 5 N–H and O–H groups in total. The monoisotopic (exact) mass is 313 g/mol. The van der Waals surface area contributed by atoms with Crippen molar-refractivity contribution in [1.29, 1.82) is 0 Å². The van der Waals surface area contributed by atoms with Gasteiger partial charge in [0.15, 0.2) is 0 Å². The number of aliphatic hydroxyl groups excluding tert-OH is 5. The molecule has 0 saturated heterocycles. The lowest BCUT2D eigenvalue weighted by molar-refractivity contribution is -0.112. The van der Waals surface area contributed by atoms with Gasteiger partial charge in [-0.15, -0.1) is 0 Å². The molecule has 2 aromatic rings. The molecule has 0 aliphatic heterocycles. The molecule has 2 aromatic heterocycles. The van der Waals surface area contributed by atoms with E-state index in [1.807, 2.05) is 0 Å². The lowest BCUT2D eigenvalue weighted by atomic mass is 10.0. The maximum Gasteiger partial charge on any atom is 0.254 e. The summed E-state index contributed by atoms with van der Waals surface area (Å²) >= 11 is 0. The fraction of sp³-hybridized carbons (Fsp3) is 0.583. The first kappa shape index (κ1) is 16.5. The van der Waals surface area contributed by atoms with Crippen LogP contribution >= 0.6 is 0 Å². The second kappa shape index (κ2) is 6.94. The number of likely N-dealkylation sites (N-methyl/N-ethyl adjacent to an activating group) is 1. The summed E-state index contributed by atoms with van der Waals surface area (Å²) < 4.78 is 1.46. The molecule has 122 valence electrons. The van der Waals surface area contributed by atoms with E-state index in [1.165, 1.54) is 17.0 Å². The summed E-state index contributed by atoms with van der Waals surface area (Å²) in [5.41, 5.74) is 0. The molecule has 0 spiro atoms. The Morgan fingerprint density at radius 1 is 1.14 bits per heavy atom. The van der Waals surface area contributed by atoms with Gasteiger partial charge >= 0.3 is 0 Å². The largest absolute Gasteiger partial charge is 0.394 e. The van der Waals surface area contributed by atoms with Crippen LogP contribution in [0.1, 0.15) is 0 Å². The quantitative estimate of drug-likeness (QED) is 0.360. The number of fused-ring (bicyclic) bond motifs is 1. The molecule has 4 unspecified atom stereocenters. The molecule has 2 heterocycles. The van der Waals surface area contributed by atoms with Crippen LogP contribution in [0.15, 0.2) is 18.6 Å². The zero-order valence-corrected chi connectivity index (χ0v) is 11.9. The number of hydrogen-bond acceptors (Lipinski definition) is 9. The Morgan fingerprint density at radius 3 is 2.50 bits per heavy atom. The maximum absolute atomic E-state index is 9.98. The van der Waals surface area contributed by atoms with Gasteiger partial charge in [-0.25, -0.2) is 4.98 Å². The van der Waals surface area contributed by atoms with Gasteiger partial charge in [0.25, 0.3) is 5.78 Å². The number of aliphatic hydroxyl groups is 5. The van der Waals surface area contributed by atoms with Gasteiger partial charge in [-0.2, -0.15) is 14.6 Å². The fourth-order valence-corrected chi connectivity index (χ4v) is 2.06. The van der Waals surface area contributed by atoms with Crippen molar-refractivity contribution in [2.75, 3.05) is 25.1 Å². The van der Waals surface area contributed by atoms with Crippen molar-refractivity contribution in [2.24, 2.45) is 0 Å². The van der Waals surface area contributed by atoms with Crippen LogP contribution < -0.4 is 4.90 Å². The SMILES string of the molecule is CN(CC(O)C(O)C(O)C(O)CO)c1ccnc2ncnn12. The predicted molar refractivity (Wildman–Crippen MR) is 75.2 cm³/mol. The van der Waals surface area contributed by atoms with Crippen molar-refractivity contribution in [2.45, 2.75) is 24.4 Å². The average molecular weight is 313 g/mol. The Balaban J connectivity index is 2.08. The van der Waals surface area contributed by atoms with Crippen molar-refractivity contribution >= 4 is 11.6 Å². The van der Waals surface area contributed by atoms with Gasteiger partial charge in [0.1, 0.15) is 30.5 Å². The molecule has 0 aliphatic carbocycles. The number of nitrogens with zero attached hydrogens (tertiary/aromatic N) is 5. The normalized spacial score (nSPS) is 17.2. The van der Waals surface area contributed by atoms with Crippen LogP contribution in [0.2, 0.25) is 0 Å². The lowest BCUT2D eigenvalue weighted by Gasteiger charge is -2.29. The van der Waals surface area contributed by atoms with E-state index in [0.29, 0.717) is 11.6 Å². The van der Waals surface area contributed by atoms with Crippen molar-refractivity contribution in [3.05, 3.63) is 18.6 Å². The number of hydrogen-bond donors (Lipinski definition) is 5. The first-order valence-electron chi connectivity index (χ1n) is 6.64. The molecule has 0 saturated carbocycles. The highest BCUT2D eigenvalue weighted by atomic mass is 16.4. The van der Waals surface area contributed by atoms with Crippen LogP contribution in [0.3, 0.4) is 0 Å². The van der Waals surface area contributed by atoms with Crippen LogP contribution in [0, 0.1) is 0 Å². The topological polar surface area (TPSA) is 147 Å². The summed E-state index contributed by atoms with van der Waals surface area (Å²) in [5, 5.41) is 51.4. The smallest absolute Gasteiger partial charge is 0.254 e. The Kier molecular flexibility index (Phi) is 5.21. The minimum Gasteiger partial charge on any atom is -0.394 e. The van der Waals surface area contributed by atoms with Crippen LogP contribution in [0.5, 0.6) is 0 Å². The highest BCUT2D eigenvalue weighted by molar-refractivity contribution is 5.44. The van der Waals surface area contributed by atoms with Crippen LogP contribution in [-0.4, -0.2) is 89.7 Å². The van der Waals surface area contributed by atoms with Crippen molar-refractivity contribution in [3.8, 4) is 0 Å². The predicted octanol–water partition coefficient (Wildman–Crippen LogP) is -3.00. The molecule has 0 radical (unpaired) electrons. The van der Waals surface area contributed by atoms with Crippen molar-refractivity contribution < 1.29 is 25.5 Å². The van der Waals surface area contributed by atoms with Gasteiger partial charge in [-0.05, 0) is 6.07 Å². The summed E-state index contributed by atoms with van der Waals surface area (Å²) in [6.45, 7) is -0.764. The molecule has 22 heavy (non-hydrogen) atoms. The summed E-state index contributed by atoms with van der Waals surface area (Å²) in [4.78, 5) is 9.54. The van der Waals surface area contributed by atoms with Gasteiger partial charge in [-0.1, -0.05) is 0 Å². The molecule has 10 heteroatoms. The standard InChI is InChI=1S/C12H19N5O5/c1-16(4-7(19)10(21)11(22)8(20)5-18)9-2-3-13-12-14-6-15-17(9)12/h2-3,6-8,10-11,18-22H,4-5H2,1H3. The van der Waals surface area contributed by atoms with Gasteiger partial charge < -0.3 is 30.4 Å². The van der Waals surface area contributed by atoms with Crippen LogP contribution in [0.25, 0.3) is 5.78 Å². The first-order valence-corrected chi connectivity index (χ1v) is 6.64. The van der Waals surface area contributed by atoms with E-state index in [2.05, 4.69) is 15.1 Å². The molecule has 0 bridgehead atoms. The summed E-state index contributed by atoms with van der Waals surface area (Å²) in [6, 6.07) is 1.65. The van der Waals surface area contributed by atoms with Crippen LogP contribution in [-0.2, 0) is 0 Å². The zero-order chi connectivity index (χ0) is 16.3. The highest BCUT2D eigenvalue weighted by Crippen LogP contribution is 2.14. The van der Waals surface area contributed by atoms with E-state index in [1.54, 1.807) is 18.0 Å². The second-order valence-electron chi connectivity index (χ2n) is 4.95. The van der Waals surface area contributed by atoms with Gasteiger partial charge in [-0.3, -0.25) is 0 Å². The molecule has 0 fully saturated rings. The molecule has 0 amide bonds. The number of anilines is 1. The molecule has 2 rings (SSSR count). The van der Waals surface area contributed by atoms with E-state index >= 15 is 0 Å². The Bertz CT molecular complexity index is 608. The Labute approximate surface area is 125 Å². The molecule has 10 nitrogen and oxygen atoms in total. The van der Waals surface area contributed by atoms with E-state index in [4.69, 9.17) is 5.11 Å². The number of aromatic nitrogens is 4. The molecule has 4 atom stereocenters. The van der Waals surface area contributed by atoms with Gasteiger partial charge in [0, 0.05) is 19.8 Å². The Morgan fingerprint density at radius 2 is 1.82 bits per heavy atom. The van der Waals surface area contributed by atoms with E-state index in [-0.39, 0.29) is 6.54 Å². The summed E-state index contributed by atoms with van der Waals surface area (Å²) in [5.74, 6) is 0.959. The lowest BCUT2D eigenvalue weighted by Crippen LogP contribution is -2.49. The van der Waals surface area contributed by atoms with Crippen molar-refractivity contribution in [3.63, 3.8) is 0 Å². The zero-order valence-electron chi connectivity index (χ0n) is 11.9. The summed E-state index contributed by atoms with van der Waals surface area (Å²) in [7, 11) is 1.65. The molecule has 0 aliphatic rings. The third kappa shape index (κ3) is 3.31. The van der Waals surface area contributed by atoms with E-state index < -0.39 is 31.0 Å². The minimum atomic E-state index is -1.66. The number of rotatable bonds is 7.